The van der Waals surface area contributed by atoms with Gasteiger partial charge >= 0.3 is 0 Å². The molecule has 1 atom stereocenters. The van der Waals surface area contributed by atoms with Crippen LogP contribution < -0.4 is 10.1 Å². The van der Waals surface area contributed by atoms with Crippen LogP contribution in [0, 0.1) is 0 Å². The van der Waals surface area contributed by atoms with E-state index in [-0.39, 0.29) is 18.4 Å². The highest BCUT2D eigenvalue weighted by Gasteiger charge is 2.30. The average Bonchev–Trinajstić information content (AvgIpc) is 2.76. The number of nitrogens with one attached hydrogen (secondary N) is 1. The molecule has 2 rings (SSSR count). The number of carbonyl (C=O) groups is 2. The van der Waals surface area contributed by atoms with Gasteiger partial charge in [0.05, 0.1) is 13.7 Å². The summed E-state index contributed by atoms with van der Waals surface area (Å²) in [6.07, 6.45) is 0. The van der Waals surface area contributed by atoms with Crippen molar-refractivity contribution in [3.63, 3.8) is 0 Å². The first kappa shape index (κ1) is 22.4. The zero-order chi connectivity index (χ0) is 21.2. The van der Waals surface area contributed by atoms with Gasteiger partial charge in [0.1, 0.15) is 11.8 Å². The molecule has 2 amide bonds. The van der Waals surface area contributed by atoms with Gasteiger partial charge in [-0.15, -0.1) is 0 Å². The third-order valence-corrected chi connectivity index (χ3v) is 4.91. The van der Waals surface area contributed by atoms with Crippen LogP contribution in [0.25, 0.3) is 0 Å². The summed E-state index contributed by atoms with van der Waals surface area (Å²) < 4.78 is 5.19. The maximum atomic E-state index is 13.4. The zero-order valence-electron chi connectivity index (χ0n) is 17.7. The van der Waals surface area contributed by atoms with Gasteiger partial charge in [0.15, 0.2) is 0 Å². The first-order valence-electron chi connectivity index (χ1n) is 10.1. The fourth-order valence-corrected chi connectivity index (χ4v) is 3.33. The van der Waals surface area contributed by atoms with E-state index >= 15 is 0 Å². The molecule has 0 spiro atoms. The fourth-order valence-electron chi connectivity index (χ4n) is 3.33. The molecule has 29 heavy (non-hydrogen) atoms. The van der Waals surface area contributed by atoms with Crippen molar-refractivity contribution in [3.05, 3.63) is 60.2 Å². The van der Waals surface area contributed by atoms with Crippen molar-refractivity contribution in [1.29, 1.82) is 0 Å². The van der Waals surface area contributed by atoms with E-state index in [4.69, 9.17) is 4.74 Å². The second-order valence-electron chi connectivity index (χ2n) is 6.67. The highest BCUT2D eigenvalue weighted by Crippen LogP contribution is 2.23. The minimum atomic E-state index is -0.407. The molecular weight excluding hydrogens is 366 g/mol. The molecule has 0 aliphatic carbocycles. The molecule has 2 aromatic rings. The number of likely N-dealkylation sites (N-methyl/N-ethyl adjacent to an activating group) is 2. The summed E-state index contributed by atoms with van der Waals surface area (Å²) in [5.74, 6) is 0.361. The largest absolute Gasteiger partial charge is 0.497 e. The van der Waals surface area contributed by atoms with Crippen LogP contribution >= 0.6 is 0 Å². The second-order valence-corrected chi connectivity index (χ2v) is 6.67. The van der Waals surface area contributed by atoms with E-state index in [0.717, 1.165) is 18.7 Å². The number of hydrogen-bond acceptors (Lipinski definition) is 4. The zero-order valence-corrected chi connectivity index (χ0v) is 17.7. The summed E-state index contributed by atoms with van der Waals surface area (Å²) in [7, 11) is 1.58. The van der Waals surface area contributed by atoms with Gasteiger partial charge in [0.25, 0.3) is 0 Å². The van der Waals surface area contributed by atoms with Gasteiger partial charge in [0.2, 0.25) is 11.8 Å². The summed E-state index contributed by atoms with van der Waals surface area (Å²) in [6.45, 7) is 7.91. The van der Waals surface area contributed by atoms with Gasteiger partial charge in [-0.25, -0.2) is 0 Å². The van der Waals surface area contributed by atoms with E-state index in [2.05, 4.69) is 10.2 Å². The number of ether oxygens (including phenoxy) is 1. The lowest BCUT2D eigenvalue weighted by atomic mass is 10.0. The van der Waals surface area contributed by atoms with Crippen LogP contribution in [0.4, 0.5) is 5.69 Å². The van der Waals surface area contributed by atoms with Gasteiger partial charge in [-0.05, 0) is 37.7 Å². The van der Waals surface area contributed by atoms with Crippen LogP contribution in [0.5, 0.6) is 5.75 Å². The minimum absolute atomic E-state index is 0.00283. The lowest BCUT2D eigenvalue weighted by Gasteiger charge is -2.33. The Morgan fingerprint density at radius 3 is 2.24 bits per heavy atom. The van der Waals surface area contributed by atoms with Crippen LogP contribution in [0.15, 0.2) is 54.6 Å². The Kier molecular flexibility index (Phi) is 8.68. The van der Waals surface area contributed by atoms with E-state index in [9.17, 15) is 9.59 Å². The van der Waals surface area contributed by atoms with Gasteiger partial charge in [0, 0.05) is 18.3 Å². The van der Waals surface area contributed by atoms with E-state index in [0.29, 0.717) is 18.0 Å². The molecule has 0 aromatic heterocycles. The number of amides is 2. The normalized spacial score (nSPS) is 11.8. The van der Waals surface area contributed by atoms with Crippen molar-refractivity contribution < 1.29 is 14.3 Å². The van der Waals surface area contributed by atoms with Crippen LogP contribution in [-0.4, -0.2) is 54.9 Å². The van der Waals surface area contributed by atoms with Crippen molar-refractivity contribution in [1.82, 2.24) is 9.80 Å². The number of anilines is 1. The SMILES string of the molecule is CCN(CC(=O)Nc1cccc(OC)c1)C(=O)C(c1ccccc1)N(CC)CC. The topological polar surface area (TPSA) is 61.9 Å². The Labute approximate surface area is 173 Å². The van der Waals surface area contributed by atoms with Crippen LogP contribution in [-0.2, 0) is 9.59 Å². The molecule has 0 bridgehead atoms. The Morgan fingerprint density at radius 1 is 0.966 bits per heavy atom. The molecule has 156 valence electrons. The van der Waals surface area contributed by atoms with E-state index in [1.807, 2.05) is 63.2 Å². The Morgan fingerprint density at radius 2 is 1.66 bits per heavy atom. The van der Waals surface area contributed by atoms with Gasteiger partial charge in [-0.1, -0.05) is 50.2 Å². The minimum Gasteiger partial charge on any atom is -0.497 e. The van der Waals surface area contributed by atoms with Crippen molar-refractivity contribution in [2.24, 2.45) is 0 Å². The van der Waals surface area contributed by atoms with Gasteiger partial charge in [-0.2, -0.15) is 0 Å². The Balaban J connectivity index is 2.16. The molecular formula is C23H31N3O3. The number of nitrogens with zero attached hydrogens (tertiary/aromatic N) is 2. The molecule has 6 nitrogen and oxygen atoms in total. The first-order valence-corrected chi connectivity index (χ1v) is 10.1. The van der Waals surface area contributed by atoms with Gasteiger partial charge < -0.3 is 15.0 Å². The lowest BCUT2D eigenvalue weighted by Crippen LogP contribution is -2.45. The number of carbonyl (C=O) groups excluding carboxylic acids is 2. The average molecular weight is 398 g/mol. The summed E-state index contributed by atoms with van der Waals surface area (Å²) in [6, 6.07) is 16.5. The third-order valence-electron chi connectivity index (χ3n) is 4.91. The van der Waals surface area contributed by atoms with E-state index < -0.39 is 6.04 Å². The maximum Gasteiger partial charge on any atom is 0.244 e. The molecule has 6 heteroatoms. The molecule has 1 unspecified atom stereocenters. The first-order chi connectivity index (χ1) is 14.0. The standard InChI is InChI=1S/C23H31N3O3/c1-5-25(6-2)22(18-12-9-8-10-13-18)23(28)26(7-3)17-21(27)24-19-14-11-15-20(16-19)29-4/h8-16,22H,5-7,17H2,1-4H3,(H,24,27). The summed E-state index contributed by atoms with van der Waals surface area (Å²) in [5.41, 5.74) is 1.58. The van der Waals surface area contributed by atoms with E-state index in [1.165, 1.54) is 0 Å². The molecule has 1 N–H and O–H groups in total. The van der Waals surface area contributed by atoms with Crippen molar-refractivity contribution in [2.75, 3.05) is 38.6 Å². The molecule has 2 aromatic carbocycles. The predicted octanol–water partition coefficient (Wildman–Crippen LogP) is 3.57. The predicted molar refractivity (Wildman–Crippen MR) is 116 cm³/mol. The fraction of sp³-hybridized carbons (Fsp3) is 0.391. The number of benzene rings is 2. The van der Waals surface area contributed by atoms with Crippen LogP contribution in [0.3, 0.4) is 0 Å². The molecule has 0 radical (unpaired) electrons. The third kappa shape index (κ3) is 6.06. The molecule has 0 saturated carbocycles. The maximum absolute atomic E-state index is 13.4. The van der Waals surface area contributed by atoms with Crippen LogP contribution in [0.2, 0.25) is 0 Å². The lowest BCUT2D eigenvalue weighted by molar-refractivity contribution is -0.139. The Bertz CT molecular complexity index is 791. The van der Waals surface area contributed by atoms with Crippen molar-refractivity contribution in [3.8, 4) is 5.75 Å². The number of methoxy groups -OCH3 is 1. The van der Waals surface area contributed by atoms with Gasteiger partial charge in [-0.3, -0.25) is 14.5 Å². The summed E-state index contributed by atoms with van der Waals surface area (Å²) in [4.78, 5) is 29.7. The molecule has 0 heterocycles. The van der Waals surface area contributed by atoms with Crippen LogP contribution in [0.1, 0.15) is 32.4 Å². The highest BCUT2D eigenvalue weighted by atomic mass is 16.5. The van der Waals surface area contributed by atoms with E-state index in [1.54, 1.807) is 24.1 Å². The van der Waals surface area contributed by atoms with Crippen molar-refractivity contribution in [2.45, 2.75) is 26.8 Å². The van der Waals surface area contributed by atoms with Crippen molar-refractivity contribution >= 4 is 17.5 Å². The quantitative estimate of drug-likeness (QED) is 0.666. The Hall–Kier alpha value is -2.86. The smallest absolute Gasteiger partial charge is 0.244 e. The monoisotopic (exact) mass is 397 g/mol. The summed E-state index contributed by atoms with van der Waals surface area (Å²) >= 11 is 0. The molecule has 0 aliphatic heterocycles. The number of hydrogen-bond donors (Lipinski definition) is 1. The molecule has 0 saturated heterocycles. The molecule has 0 fully saturated rings. The molecule has 0 aliphatic rings. The summed E-state index contributed by atoms with van der Waals surface area (Å²) in [5, 5.41) is 2.85. The second kappa shape index (κ2) is 11.2. The highest BCUT2D eigenvalue weighted by molar-refractivity contribution is 5.95. The number of rotatable bonds is 10.